The Hall–Kier alpha value is -4.45. The summed E-state index contributed by atoms with van der Waals surface area (Å²) in [5.74, 6) is 4.26. The van der Waals surface area contributed by atoms with Crippen molar-refractivity contribution in [1.29, 1.82) is 0 Å². The van der Waals surface area contributed by atoms with Crippen LogP contribution in [0.15, 0.2) is 48.5 Å². The quantitative estimate of drug-likeness (QED) is 0.321. The van der Waals surface area contributed by atoms with Crippen molar-refractivity contribution < 1.29 is 28.8 Å². The molecule has 1 fully saturated rings. The topological polar surface area (TPSA) is 113 Å². The molecular formula is C28H27N3O6. The Bertz CT molecular complexity index is 1280. The second kappa shape index (κ2) is 12.0. The first-order valence-corrected chi connectivity index (χ1v) is 12.2. The molecule has 2 aliphatic heterocycles. The predicted octanol–water partition coefficient (Wildman–Crippen LogP) is 2.61. The number of para-hydroxylation sites is 1. The molecule has 1 N–H and O–H groups in total. The summed E-state index contributed by atoms with van der Waals surface area (Å²) in [5.41, 5.74) is 3.35. The number of benzene rings is 2. The van der Waals surface area contributed by atoms with Gasteiger partial charge in [0.05, 0.1) is 12.2 Å². The third kappa shape index (κ3) is 6.61. The molecule has 2 heterocycles. The number of hydrogen-bond donors (Lipinski definition) is 1. The lowest BCUT2D eigenvalue weighted by Crippen LogP contribution is -2.35. The number of hydrogen-bond acceptors (Lipinski definition) is 6. The van der Waals surface area contributed by atoms with Crippen LogP contribution in [0.2, 0.25) is 0 Å². The lowest BCUT2D eigenvalue weighted by molar-refractivity contribution is -0.197. The van der Waals surface area contributed by atoms with Gasteiger partial charge in [0, 0.05) is 49.8 Å². The molecule has 0 saturated carbocycles. The van der Waals surface area contributed by atoms with Gasteiger partial charge in [-0.1, -0.05) is 42.2 Å². The van der Waals surface area contributed by atoms with Gasteiger partial charge < -0.3 is 15.1 Å². The molecule has 1 saturated heterocycles. The highest BCUT2D eigenvalue weighted by molar-refractivity contribution is 6.01. The standard InChI is InChI=1S/C28H27N3O6/c32-24(11-5-6-12-28(36)37-31-26(34)15-16-27(31)35)29-18-17-25(33)30-19-22-9-2-1-7-20(22)13-14-21-8-3-4-10-23(21)30/h1-4,7-10H,5-6,11-12,15-19H2,(H,29,32). The Morgan fingerprint density at radius 1 is 0.838 bits per heavy atom. The van der Waals surface area contributed by atoms with Gasteiger partial charge in [-0.15, -0.1) is 5.06 Å². The van der Waals surface area contributed by atoms with Crippen LogP contribution in [-0.2, 0) is 35.4 Å². The lowest BCUT2D eigenvalue weighted by atomic mass is 10.0. The summed E-state index contributed by atoms with van der Waals surface area (Å²) in [6, 6.07) is 15.2. The number of unbranched alkanes of at least 4 members (excludes halogenated alkanes) is 1. The van der Waals surface area contributed by atoms with Crippen molar-refractivity contribution in [2.24, 2.45) is 0 Å². The summed E-state index contributed by atoms with van der Waals surface area (Å²) >= 11 is 0. The number of nitrogens with one attached hydrogen (secondary N) is 1. The predicted molar refractivity (Wildman–Crippen MR) is 133 cm³/mol. The Kier molecular flexibility index (Phi) is 8.31. The fourth-order valence-corrected chi connectivity index (χ4v) is 4.10. The van der Waals surface area contributed by atoms with E-state index in [9.17, 15) is 24.0 Å². The highest BCUT2D eigenvalue weighted by atomic mass is 16.7. The fourth-order valence-electron chi connectivity index (χ4n) is 4.10. The summed E-state index contributed by atoms with van der Waals surface area (Å²) < 4.78 is 0. The lowest BCUT2D eigenvalue weighted by Gasteiger charge is -2.26. The van der Waals surface area contributed by atoms with Gasteiger partial charge in [-0.2, -0.15) is 0 Å². The third-order valence-electron chi connectivity index (χ3n) is 6.07. The Morgan fingerprint density at radius 2 is 1.49 bits per heavy atom. The fraction of sp³-hybridized carbons (Fsp3) is 0.321. The first kappa shape index (κ1) is 25.6. The molecule has 4 amide bonds. The van der Waals surface area contributed by atoms with Gasteiger partial charge in [0.25, 0.3) is 11.8 Å². The first-order valence-electron chi connectivity index (χ1n) is 12.2. The number of rotatable bonds is 9. The number of nitrogens with zero attached hydrogens (tertiary/aromatic N) is 2. The maximum atomic E-state index is 13.2. The van der Waals surface area contributed by atoms with E-state index < -0.39 is 17.8 Å². The number of hydroxylamine groups is 2. The van der Waals surface area contributed by atoms with Gasteiger partial charge in [-0.25, -0.2) is 4.79 Å². The summed E-state index contributed by atoms with van der Waals surface area (Å²) in [4.78, 5) is 66.7. The van der Waals surface area contributed by atoms with Gasteiger partial charge in [0.2, 0.25) is 11.8 Å². The van der Waals surface area contributed by atoms with Crippen molar-refractivity contribution in [3.05, 3.63) is 65.2 Å². The summed E-state index contributed by atoms with van der Waals surface area (Å²) in [7, 11) is 0. The minimum Gasteiger partial charge on any atom is -0.356 e. The summed E-state index contributed by atoms with van der Waals surface area (Å²) in [5, 5.41) is 3.27. The first-order chi connectivity index (χ1) is 17.9. The molecule has 37 heavy (non-hydrogen) atoms. The van der Waals surface area contributed by atoms with E-state index in [1.54, 1.807) is 4.90 Å². The maximum Gasteiger partial charge on any atom is 0.333 e. The molecular weight excluding hydrogens is 474 g/mol. The van der Waals surface area contributed by atoms with Crippen LogP contribution in [0, 0.1) is 11.8 Å². The van der Waals surface area contributed by atoms with Gasteiger partial charge in [0.1, 0.15) is 0 Å². The van der Waals surface area contributed by atoms with Crippen molar-refractivity contribution >= 4 is 35.3 Å². The number of carbonyl (C=O) groups is 5. The molecule has 190 valence electrons. The van der Waals surface area contributed by atoms with Crippen molar-refractivity contribution in [2.45, 2.75) is 51.5 Å². The van der Waals surface area contributed by atoms with Crippen LogP contribution in [0.1, 0.15) is 61.6 Å². The molecule has 9 heteroatoms. The second-order valence-corrected chi connectivity index (χ2v) is 8.76. The molecule has 4 rings (SSSR count). The SMILES string of the molecule is O=C(CCCCC(=O)ON1C(=O)CCC1=O)NCCC(=O)N1Cc2ccccc2C#Cc2ccccc21. The normalized spacial score (nSPS) is 14.1. The highest BCUT2D eigenvalue weighted by Gasteiger charge is 2.32. The van der Waals surface area contributed by atoms with Crippen molar-refractivity contribution in [1.82, 2.24) is 10.4 Å². The van der Waals surface area contributed by atoms with Crippen LogP contribution in [-0.4, -0.2) is 41.2 Å². The largest absolute Gasteiger partial charge is 0.356 e. The molecule has 0 bridgehead atoms. The average molecular weight is 502 g/mol. The molecule has 2 aromatic carbocycles. The van der Waals surface area contributed by atoms with E-state index in [1.165, 1.54) is 0 Å². The van der Waals surface area contributed by atoms with Crippen LogP contribution in [0.4, 0.5) is 5.69 Å². The minimum absolute atomic E-state index is 0.0123. The molecule has 0 aliphatic carbocycles. The highest BCUT2D eigenvalue weighted by Crippen LogP contribution is 2.25. The van der Waals surface area contributed by atoms with Gasteiger partial charge in [-0.3, -0.25) is 19.2 Å². The van der Waals surface area contributed by atoms with Crippen molar-refractivity contribution in [3.8, 4) is 11.8 Å². The molecule has 2 aromatic rings. The van der Waals surface area contributed by atoms with Crippen molar-refractivity contribution in [3.63, 3.8) is 0 Å². The average Bonchev–Trinajstić information content (AvgIpc) is 3.20. The van der Waals surface area contributed by atoms with E-state index in [4.69, 9.17) is 4.84 Å². The molecule has 2 aliphatic rings. The monoisotopic (exact) mass is 501 g/mol. The Labute approximate surface area is 214 Å². The van der Waals surface area contributed by atoms with Gasteiger partial charge in [-0.05, 0) is 36.6 Å². The van der Waals surface area contributed by atoms with E-state index >= 15 is 0 Å². The zero-order chi connectivity index (χ0) is 26.2. The third-order valence-corrected chi connectivity index (χ3v) is 6.07. The maximum absolute atomic E-state index is 13.2. The van der Waals surface area contributed by atoms with E-state index in [2.05, 4.69) is 17.2 Å². The number of amides is 4. The second-order valence-electron chi connectivity index (χ2n) is 8.76. The summed E-state index contributed by atoms with van der Waals surface area (Å²) in [6.07, 6.45) is 1.17. The van der Waals surface area contributed by atoms with Gasteiger partial charge >= 0.3 is 5.97 Å². The van der Waals surface area contributed by atoms with E-state index in [1.807, 2.05) is 48.5 Å². The number of carbonyl (C=O) groups excluding carboxylic acids is 5. The number of anilines is 1. The zero-order valence-electron chi connectivity index (χ0n) is 20.3. The van der Waals surface area contributed by atoms with E-state index in [-0.39, 0.29) is 50.5 Å². The van der Waals surface area contributed by atoms with Gasteiger partial charge in [0.15, 0.2) is 0 Å². The Balaban J connectivity index is 1.22. The number of imide groups is 1. The molecule has 0 aromatic heterocycles. The zero-order valence-corrected chi connectivity index (χ0v) is 20.3. The van der Waals surface area contributed by atoms with Crippen molar-refractivity contribution in [2.75, 3.05) is 11.4 Å². The molecule has 0 atom stereocenters. The Morgan fingerprint density at radius 3 is 2.27 bits per heavy atom. The molecule has 9 nitrogen and oxygen atoms in total. The summed E-state index contributed by atoms with van der Waals surface area (Å²) in [6.45, 7) is 0.574. The molecule has 0 unspecified atom stereocenters. The molecule has 0 radical (unpaired) electrons. The minimum atomic E-state index is -0.686. The van der Waals surface area contributed by atoms with Crippen LogP contribution in [0.3, 0.4) is 0 Å². The molecule has 0 spiro atoms. The number of fused-ring (bicyclic) bond motifs is 2. The van der Waals surface area contributed by atoms with Crippen LogP contribution < -0.4 is 10.2 Å². The van der Waals surface area contributed by atoms with Crippen LogP contribution in [0.5, 0.6) is 0 Å². The van der Waals surface area contributed by atoms with Crippen LogP contribution in [0.25, 0.3) is 0 Å². The van der Waals surface area contributed by atoms with E-state index in [0.29, 0.717) is 24.4 Å². The van der Waals surface area contributed by atoms with Crippen LogP contribution >= 0.6 is 0 Å². The van der Waals surface area contributed by atoms with E-state index in [0.717, 1.165) is 22.4 Å². The smallest absolute Gasteiger partial charge is 0.333 e.